The molecule has 0 spiro atoms. The minimum Gasteiger partial charge on any atom is -0.478 e. The fraction of sp³-hybridized carbons (Fsp3) is 0.182. The Kier molecular flexibility index (Phi) is 2.95. The lowest BCUT2D eigenvalue weighted by Gasteiger charge is -2.27. The second-order valence-corrected chi connectivity index (χ2v) is 3.74. The van der Waals surface area contributed by atoms with E-state index >= 15 is 0 Å². The van der Waals surface area contributed by atoms with Gasteiger partial charge in [-0.3, -0.25) is 0 Å². The summed E-state index contributed by atoms with van der Waals surface area (Å²) >= 11 is 0. The van der Waals surface area contributed by atoms with Gasteiger partial charge in [0.05, 0.1) is 11.1 Å². The molecule has 1 aliphatic rings. The lowest BCUT2D eigenvalue weighted by Crippen LogP contribution is -2.40. The summed E-state index contributed by atoms with van der Waals surface area (Å²) in [6, 6.07) is 0.984. The molecule has 0 aliphatic carbocycles. The zero-order valence-corrected chi connectivity index (χ0v) is 8.96. The first-order valence-corrected chi connectivity index (χ1v) is 4.87. The summed E-state index contributed by atoms with van der Waals surface area (Å²) < 4.78 is 68.5. The number of carboxylic acid groups (broad SMARTS) is 1. The number of ether oxygens (including phenoxy) is 1. The van der Waals surface area contributed by atoms with E-state index in [0.29, 0.717) is 18.2 Å². The lowest BCUT2D eigenvalue weighted by molar-refractivity contribution is -0.187. The van der Waals surface area contributed by atoms with Crippen LogP contribution in [-0.2, 0) is 4.79 Å². The molecule has 0 aromatic heterocycles. The molecule has 0 amide bonds. The highest BCUT2D eigenvalue weighted by Gasteiger charge is 2.48. The van der Waals surface area contributed by atoms with Gasteiger partial charge in [-0.15, -0.1) is 0 Å². The fourth-order valence-corrected chi connectivity index (χ4v) is 1.64. The van der Waals surface area contributed by atoms with Crippen LogP contribution < -0.4 is 4.74 Å². The van der Waals surface area contributed by atoms with Gasteiger partial charge in [-0.25, -0.2) is 13.6 Å². The van der Waals surface area contributed by atoms with Crippen LogP contribution in [0.2, 0.25) is 0 Å². The van der Waals surface area contributed by atoms with Crippen molar-refractivity contribution in [2.24, 2.45) is 0 Å². The van der Waals surface area contributed by atoms with Gasteiger partial charge in [0.15, 0.2) is 0 Å². The zero-order valence-electron chi connectivity index (χ0n) is 8.96. The third-order valence-corrected chi connectivity index (χ3v) is 2.43. The van der Waals surface area contributed by atoms with Gasteiger partial charge in [0.1, 0.15) is 17.4 Å². The van der Waals surface area contributed by atoms with Crippen LogP contribution in [0.5, 0.6) is 5.75 Å². The van der Waals surface area contributed by atoms with Gasteiger partial charge >= 0.3 is 12.1 Å². The summed E-state index contributed by atoms with van der Waals surface area (Å²) in [5, 5.41) is 8.70. The summed E-state index contributed by atoms with van der Waals surface area (Å²) in [6.45, 7) is 0. The molecule has 1 aliphatic heterocycles. The number of hydrogen-bond donors (Lipinski definition) is 1. The van der Waals surface area contributed by atoms with Crippen molar-refractivity contribution in [1.29, 1.82) is 0 Å². The number of hydrogen-bond acceptors (Lipinski definition) is 2. The maximum atomic E-state index is 13.4. The number of rotatable bonds is 1. The minimum atomic E-state index is -5.01. The first-order chi connectivity index (χ1) is 8.70. The minimum absolute atomic E-state index is 0.423. The number of fused-ring (bicyclic) bond motifs is 1. The van der Waals surface area contributed by atoms with Gasteiger partial charge in [0.2, 0.25) is 6.10 Å². The van der Waals surface area contributed by atoms with E-state index in [1.807, 2.05) is 0 Å². The topological polar surface area (TPSA) is 46.5 Å². The number of carbonyl (C=O) groups is 1. The normalized spacial score (nSPS) is 18.4. The highest BCUT2D eigenvalue weighted by atomic mass is 19.4. The van der Waals surface area contributed by atoms with Gasteiger partial charge in [0.25, 0.3) is 0 Å². The Hall–Kier alpha value is -2.12. The van der Waals surface area contributed by atoms with E-state index in [0.717, 1.165) is 0 Å². The van der Waals surface area contributed by atoms with Gasteiger partial charge in [-0.1, -0.05) is 0 Å². The van der Waals surface area contributed by atoms with Crippen molar-refractivity contribution < 1.29 is 36.6 Å². The molecule has 0 saturated heterocycles. The monoisotopic (exact) mass is 280 g/mol. The van der Waals surface area contributed by atoms with E-state index in [4.69, 9.17) is 5.11 Å². The third-order valence-electron chi connectivity index (χ3n) is 2.43. The first-order valence-electron chi connectivity index (χ1n) is 4.87. The van der Waals surface area contributed by atoms with Gasteiger partial charge in [0, 0.05) is 12.1 Å². The molecule has 102 valence electrons. The van der Waals surface area contributed by atoms with E-state index < -0.39 is 46.8 Å². The number of carboxylic acids is 1. The van der Waals surface area contributed by atoms with E-state index in [-0.39, 0.29) is 0 Å². The van der Waals surface area contributed by atoms with Crippen LogP contribution >= 0.6 is 0 Å². The summed E-state index contributed by atoms with van der Waals surface area (Å²) in [4.78, 5) is 10.8. The Morgan fingerprint density at radius 2 is 1.89 bits per heavy atom. The molecule has 19 heavy (non-hydrogen) atoms. The average Bonchev–Trinajstić information content (AvgIpc) is 2.25. The largest absolute Gasteiger partial charge is 0.478 e. The van der Waals surface area contributed by atoms with Gasteiger partial charge in [-0.2, -0.15) is 13.2 Å². The van der Waals surface area contributed by atoms with Crippen molar-refractivity contribution in [1.82, 2.24) is 0 Å². The molecule has 0 saturated carbocycles. The maximum absolute atomic E-state index is 13.4. The van der Waals surface area contributed by atoms with Crippen molar-refractivity contribution in [2.75, 3.05) is 0 Å². The van der Waals surface area contributed by atoms with Crippen molar-refractivity contribution >= 4 is 12.0 Å². The molecule has 1 unspecified atom stereocenters. The van der Waals surface area contributed by atoms with Gasteiger partial charge in [-0.05, 0) is 6.08 Å². The Morgan fingerprint density at radius 3 is 2.42 bits per heavy atom. The van der Waals surface area contributed by atoms with Crippen molar-refractivity contribution in [3.05, 3.63) is 34.9 Å². The summed E-state index contributed by atoms with van der Waals surface area (Å²) in [5.41, 5.74) is -1.69. The van der Waals surface area contributed by atoms with Crippen molar-refractivity contribution in [3.8, 4) is 5.75 Å². The van der Waals surface area contributed by atoms with Gasteiger partial charge < -0.3 is 9.84 Å². The Bertz CT molecular complexity index is 576. The molecule has 1 aromatic rings. The Labute approximate surface area is 102 Å². The molecular weight excluding hydrogens is 275 g/mol. The Balaban J connectivity index is 2.61. The quantitative estimate of drug-likeness (QED) is 0.804. The molecule has 3 nitrogen and oxygen atoms in total. The average molecular weight is 280 g/mol. The lowest BCUT2D eigenvalue weighted by atomic mass is 10.0. The predicted molar refractivity (Wildman–Crippen MR) is 52.4 cm³/mol. The molecule has 0 radical (unpaired) electrons. The highest BCUT2D eigenvalue weighted by Crippen LogP contribution is 2.38. The predicted octanol–water partition coefficient (Wildman–Crippen LogP) is 2.76. The maximum Gasteiger partial charge on any atom is 0.430 e. The summed E-state index contributed by atoms with van der Waals surface area (Å²) in [6.07, 6.45) is -7.28. The molecule has 1 N–H and O–H groups in total. The molecule has 1 atom stereocenters. The smallest absolute Gasteiger partial charge is 0.430 e. The van der Waals surface area contributed by atoms with Crippen LogP contribution in [0.25, 0.3) is 6.08 Å². The van der Waals surface area contributed by atoms with Crippen molar-refractivity contribution in [3.63, 3.8) is 0 Å². The van der Waals surface area contributed by atoms with E-state index in [2.05, 4.69) is 4.74 Å². The standard InChI is InChI=1S/C11H5F5O3/c12-4-1-7(13)5-3-6(10(17)18)9(11(14,15)16)19-8(5)2-4/h1-3,9H,(H,17,18). The van der Waals surface area contributed by atoms with Crippen LogP contribution in [-0.4, -0.2) is 23.4 Å². The Morgan fingerprint density at radius 1 is 1.26 bits per heavy atom. The second kappa shape index (κ2) is 4.22. The molecular formula is C11H5F5O3. The van der Waals surface area contributed by atoms with Crippen LogP contribution in [0.4, 0.5) is 22.0 Å². The highest BCUT2D eigenvalue weighted by molar-refractivity contribution is 5.95. The van der Waals surface area contributed by atoms with E-state index in [1.165, 1.54) is 0 Å². The van der Waals surface area contributed by atoms with E-state index in [9.17, 15) is 26.7 Å². The number of aliphatic carboxylic acids is 1. The number of benzene rings is 1. The summed E-state index contributed by atoms with van der Waals surface area (Å²) in [5.74, 6) is -4.90. The summed E-state index contributed by atoms with van der Waals surface area (Å²) in [7, 11) is 0. The van der Waals surface area contributed by atoms with Crippen LogP contribution in [0.1, 0.15) is 5.56 Å². The van der Waals surface area contributed by atoms with E-state index in [1.54, 1.807) is 0 Å². The van der Waals surface area contributed by atoms with Crippen LogP contribution in [0, 0.1) is 11.6 Å². The van der Waals surface area contributed by atoms with Crippen molar-refractivity contribution in [2.45, 2.75) is 12.3 Å². The molecule has 8 heteroatoms. The number of alkyl halides is 3. The SMILES string of the molecule is O=C(O)C1=Cc2c(F)cc(F)cc2OC1C(F)(F)F. The molecule has 0 fully saturated rings. The van der Waals surface area contributed by atoms with Crippen LogP contribution in [0.3, 0.4) is 0 Å². The second-order valence-electron chi connectivity index (χ2n) is 3.74. The third kappa shape index (κ3) is 2.38. The fourth-order valence-electron chi connectivity index (χ4n) is 1.64. The molecule has 1 aromatic carbocycles. The first kappa shape index (κ1) is 13.3. The zero-order chi connectivity index (χ0) is 14.4. The van der Waals surface area contributed by atoms with Crippen LogP contribution in [0.15, 0.2) is 17.7 Å². The molecule has 1 heterocycles. The molecule has 0 bridgehead atoms. The number of halogens is 5. The molecule has 2 rings (SSSR count).